The predicted molar refractivity (Wildman–Crippen MR) is 110 cm³/mol. The zero-order valence-corrected chi connectivity index (χ0v) is 17.6. The van der Waals surface area contributed by atoms with Gasteiger partial charge in [-0.1, -0.05) is 31.2 Å². The van der Waals surface area contributed by atoms with Gasteiger partial charge < -0.3 is 5.32 Å². The molecule has 0 saturated carbocycles. The third kappa shape index (κ3) is 5.96. The zero-order chi connectivity index (χ0) is 21.9. The number of rotatable bonds is 6. The first-order valence-corrected chi connectivity index (χ1v) is 11.3. The molecule has 0 bridgehead atoms. The molecule has 9 heteroatoms. The Bertz CT molecular complexity index is 968. The first-order valence-electron chi connectivity index (χ1n) is 9.80. The minimum atomic E-state index is -4.71. The lowest BCUT2D eigenvalue weighted by Gasteiger charge is -2.30. The number of nitrogens with two attached hydrogens (primary N) is 1. The maximum Gasteiger partial charge on any atom is 0.418 e. The summed E-state index contributed by atoms with van der Waals surface area (Å²) in [5.41, 5.74) is 0.739. The molecule has 1 heterocycles. The third-order valence-electron chi connectivity index (χ3n) is 5.41. The van der Waals surface area contributed by atoms with E-state index in [2.05, 4.69) is 17.1 Å². The van der Waals surface area contributed by atoms with E-state index in [1.165, 1.54) is 18.4 Å². The molecule has 0 aromatic heterocycles. The lowest BCUT2D eigenvalue weighted by Crippen LogP contribution is -2.32. The summed E-state index contributed by atoms with van der Waals surface area (Å²) in [4.78, 5) is 1.84. The number of nitrogens with zero attached hydrogens (tertiary/aromatic N) is 1. The second-order valence-electron chi connectivity index (χ2n) is 7.88. The van der Waals surface area contributed by atoms with Crippen molar-refractivity contribution < 1.29 is 21.6 Å². The number of halogens is 3. The SMILES string of the molecule is CC1CCN(Cc2ccc(CNc3ccc(S(N)(=O)=O)cc3C(F)(F)F)cc2)CC1. The van der Waals surface area contributed by atoms with Gasteiger partial charge in [0.1, 0.15) is 0 Å². The van der Waals surface area contributed by atoms with Crippen LogP contribution in [0, 0.1) is 5.92 Å². The van der Waals surface area contributed by atoms with E-state index in [9.17, 15) is 21.6 Å². The fraction of sp³-hybridized carbons (Fsp3) is 0.429. The highest BCUT2D eigenvalue weighted by molar-refractivity contribution is 7.89. The van der Waals surface area contributed by atoms with E-state index >= 15 is 0 Å². The Morgan fingerprint density at radius 3 is 2.23 bits per heavy atom. The number of benzene rings is 2. The summed E-state index contributed by atoms with van der Waals surface area (Å²) >= 11 is 0. The van der Waals surface area contributed by atoms with Crippen molar-refractivity contribution in [1.29, 1.82) is 0 Å². The Morgan fingerprint density at radius 1 is 1.07 bits per heavy atom. The molecule has 0 atom stereocenters. The Hall–Kier alpha value is -2.10. The molecule has 5 nitrogen and oxygen atoms in total. The van der Waals surface area contributed by atoms with Crippen LogP contribution in [0.4, 0.5) is 18.9 Å². The van der Waals surface area contributed by atoms with Gasteiger partial charge >= 0.3 is 6.18 Å². The summed E-state index contributed by atoms with van der Waals surface area (Å²) in [7, 11) is -4.22. The van der Waals surface area contributed by atoms with E-state index in [1.54, 1.807) is 0 Å². The van der Waals surface area contributed by atoms with Gasteiger partial charge in [-0.3, -0.25) is 4.90 Å². The molecule has 0 radical (unpaired) electrons. The van der Waals surface area contributed by atoms with Gasteiger partial charge in [0.2, 0.25) is 10.0 Å². The van der Waals surface area contributed by atoms with Crippen molar-refractivity contribution in [3.8, 4) is 0 Å². The molecule has 0 amide bonds. The van der Waals surface area contributed by atoms with Crippen molar-refractivity contribution in [2.75, 3.05) is 18.4 Å². The van der Waals surface area contributed by atoms with Crippen LogP contribution in [-0.4, -0.2) is 26.4 Å². The number of hydrogen-bond donors (Lipinski definition) is 2. The molecule has 0 unspecified atom stereocenters. The topological polar surface area (TPSA) is 75.4 Å². The first-order chi connectivity index (χ1) is 14.0. The molecule has 2 aromatic carbocycles. The van der Waals surface area contributed by atoms with Crippen LogP contribution in [0.15, 0.2) is 47.4 Å². The van der Waals surface area contributed by atoms with E-state index < -0.39 is 26.7 Å². The molecule has 3 rings (SSSR count). The molecule has 0 aliphatic carbocycles. The highest BCUT2D eigenvalue weighted by Gasteiger charge is 2.34. The molecule has 1 aliphatic heterocycles. The maximum atomic E-state index is 13.4. The summed E-state index contributed by atoms with van der Waals surface area (Å²) in [6.45, 7) is 5.48. The number of primary sulfonamides is 1. The minimum Gasteiger partial charge on any atom is -0.380 e. The summed E-state index contributed by atoms with van der Waals surface area (Å²) in [5, 5.41) is 7.71. The minimum absolute atomic E-state index is 0.180. The highest BCUT2D eigenvalue weighted by Crippen LogP contribution is 2.36. The molecule has 30 heavy (non-hydrogen) atoms. The largest absolute Gasteiger partial charge is 0.418 e. The van der Waals surface area contributed by atoms with Crippen LogP contribution in [0.5, 0.6) is 0 Å². The number of hydrogen-bond acceptors (Lipinski definition) is 4. The van der Waals surface area contributed by atoms with E-state index in [4.69, 9.17) is 5.14 Å². The van der Waals surface area contributed by atoms with Crippen LogP contribution < -0.4 is 10.5 Å². The van der Waals surface area contributed by atoms with Gasteiger partial charge in [-0.25, -0.2) is 13.6 Å². The molecular weight excluding hydrogens is 415 g/mol. The van der Waals surface area contributed by atoms with Gasteiger partial charge in [0, 0.05) is 18.8 Å². The Kier molecular flexibility index (Phi) is 6.74. The van der Waals surface area contributed by atoms with Crippen LogP contribution in [0.25, 0.3) is 0 Å². The lowest BCUT2D eigenvalue weighted by molar-refractivity contribution is -0.137. The standard InChI is InChI=1S/C21H26F3N3O2S/c1-15-8-10-27(11-9-15)14-17-4-2-16(3-5-17)13-26-20-7-6-18(30(25,28)29)12-19(20)21(22,23)24/h2-7,12,15,26H,8-11,13-14H2,1H3,(H2,25,28,29). The second-order valence-corrected chi connectivity index (χ2v) is 9.44. The fourth-order valence-electron chi connectivity index (χ4n) is 3.53. The predicted octanol–water partition coefficient (Wildman–Crippen LogP) is 4.20. The van der Waals surface area contributed by atoms with Gasteiger partial charge in [0.25, 0.3) is 0 Å². The molecule has 2 aromatic rings. The van der Waals surface area contributed by atoms with Crippen LogP contribution in [0.3, 0.4) is 0 Å². The second kappa shape index (κ2) is 8.95. The van der Waals surface area contributed by atoms with E-state index in [-0.39, 0.29) is 12.2 Å². The highest BCUT2D eigenvalue weighted by atomic mass is 32.2. The Morgan fingerprint density at radius 2 is 1.67 bits per heavy atom. The van der Waals surface area contributed by atoms with Crippen molar-refractivity contribution in [1.82, 2.24) is 4.90 Å². The number of alkyl halides is 3. The number of likely N-dealkylation sites (tertiary alicyclic amines) is 1. The van der Waals surface area contributed by atoms with Crippen molar-refractivity contribution in [2.24, 2.45) is 11.1 Å². The Balaban J connectivity index is 1.66. The smallest absolute Gasteiger partial charge is 0.380 e. The average molecular weight is 442 g/mol. The molecule has 0 spiro atoms. The van der Waals surface area contributed by atoms with Gasteiger partial charge in [-0.15, -0.1) is 0 Å². The summed E-state index contributed by atoms with van der Waals surface area (Å²) in [5.74, 6) is 0.773. The van der Waals surface area contributed by atoms with Gasteiger partial charge in [-0.05, 0) is 61.2 Å². The van der Waals surface area contributed by atoms with Crippen LogP contribution >= 0.6 is 0 Å². The van der Waals surface area contributed by atoms with Crippen molar-refractivity contribution in [2.45, 2.75) is 43.9 Å². The quantitative estimate of drug-likeness (QED) is 0.705. The number of piperidine rings is 1. The number of sulfonamides is 1. The average Bonchev–Trinajstić information content (AvgIpc) is 2.67. The van der Waals surface area contributed by atoms with Crippen molar-refractivity contribution >= 4 is 15.7 Å². The first kappa shape index (κ1) is 22.6. The molecule has 1 saturated heterocycles. The van der Waals surface area contributed by atoms with E-state index in [0.717, 1.165) is 43.2 Å². The van der Waals surface area contributed by atoms with Gasteiger partial charge in [0.05, 0.1) is 10.5 Å². The van der Waals surface area contributed by atoms with E-state index in [0.29, 0.717) is 6.07 Å². The molecule has 164 valence electrons. The van der Waals surface area contributed by atoms with Crippen LogP contribution in [-0.2, 0) is 29.3 Å². The summed E-state index contributed by atoms with van der Waals surface area (Å²) in [6.07, 6.45) is -2.31. The van der Waals surface area contributed by atoms with Crippen LogP contribution in [0.2, 0.25) is 0 Å². The van der Waals surface area contributed by atoms with E-state index in [1.807, 2.05) is 24.3 Å². The normalized spacial score (nSPS) is 16.6. The van der Waals surface area contributed by atoms with Crippen LogP contribution in [0.1, 0.15) is 36.5 Å². The summed E-state index contributed by atoms with van der Waals surface area (Å²) < 4.78 is 62.8. The molecular formula is C21H26F3N3O2S. The maximum absolute atomic E-state index is 13.4. The fourth-order valence-corrected chi connectivity index (χ4v) is 4.07. The molecule has 1 aliphatic rings. The Labute approximate surface area is 175 Å². The van der Waals surface area contributed by atoms with Gasteiger partial charge in [0.15, 0.2) is 0 Å². The lowest BCUT2D eigenvalue weighted by atomic mass is 9.99. The molecule has 1 fully saturated rings. The number of nitrogens with one attached hydrogen (secondary N) is 1. The number of anilines is 1. The summed E-state index contributed by atoms with van der Waals surface area (Å²) in [6, 6.07) is 10.5. The van der Waals surface area contributed by atoms with Gasteiger partial charge in [-0.2, -0.15) is 13.2 Å². The molecule has 3 N–H and O–H groups in total. The monoisotopic (exact) mass is 441 g/mol. The zero-order valence-electron chi connectivity index (χ0n) is 16.7. The van der Waals surface area contributed by atoms with Crippen molar-refractivity contribution in [3.05, 3.63) is 59.2 Å². The third-order valence-corrected chi connectivity index (χ3v) is 6.32. The van der Waals surface area contributed by atoms with Crippen molar-refractivity contribution in [3.63, 3.8) is 0 Å².